The number of hydrogen-bond donors (Lipinski definition) is 0. The van der Waals surface area contributed by atoms with Crippen LogP contribution >= 0.6 is 0 Å². The van der Waals surface area contributed by atoms with E-state index < -0.39 is 0 Å². The van der Waals surface area contributed by atoms with Crippen LogP contribution in [0.25, 0.3) is 0 Å². The minimum absolute atomic E-state index is 0.212. The molecule has 0 N–H and O–H groups in total. The van der Waals surface area contributed by atoms with Gasteiger partial charge in [-0.15, -0.1) is 0 Å². The molecule has 5 nitrogen and oxygen atoms in total. The zero-order valence-corrected chi connectivity index (χ0v) is 18.1. The van der Waals surface area contributed by atoms with Crippen LogP contribution in [0.3, 0.4) is 0 Å². The van der Waals surface area contributed by atoms with Crippen molar-refractivity contribution in [3.8, 4) is 0 Å². The van der Waals surface area contributed by atoms with Crippen LogP contribution in [0.5, 0.6) is 0 Å². The van der Waals surface area contributed by atoms with Gasteiger partial charge >= 0.3 is 0 Å². The lowest BCUT2D eigenvalue weighted by molar-refractivity contribution is -0.139. The maximum Gasteiger partial charge on any atom is 0.226 e. The number of likely N-dealkylation sites (tertiary alicyclic amines) is 2. The third kappa shape index (κ3) is 5.37. The second-order valence-corrected chi connectivity index (χ2v) is 9.44. The van der Waals surface area contributed by atoms with E-state index >= 15 is 0 Å². The number of aromatic nitrogens is 1. The van der Waals surface area contributed by atoms with Crippen LogP contribution in [0.2, 0.25) is 0 Å². The van der Waals surface area contributed by atoms with Crippen molar-refractivity contribution in [2.45, 2.75) is 76.4 Å². The molecule has 3 heterocycles. The van der Waals surface area contributed by atoms with Gasteiger partial charge in [-0.2, -0.15) is 0 Å². The highest BCUT2D eigenvalue weighted by Crippen LogP contribution is 2.28. The van der Waals surface area contributed by atoms with Crippen LogP contribution in [-0.2, 0) is 11.3 Å². The fourth-order valence-electron chi connectivity index (χ4n) is 5.67. The van der Waals surface area contributed by atoms with Crippen molar-refractivity contribution in [2.75, 3.05) is 33.2 Å². The van der Waals surface area contributed by atoms with Gasteiger partial charge in [0.05, 0.1) is 5.92 Å². The standard InChI is InChI=1S/C24H38N4O/c1-26(22-9-3-2-4-10-22)24(29)21-8-6-14-28(19-21)23-11-15-27(16-12-23)18-20-7-5-13-25-17-20/h5,7,13,17,21-23H,2-4,6,8-12,14-16,18-19H2,1H3/t21-/m0/s1. The van der Waals surface area contributed by atoms with Gasteiger partial charge < -0.3 is 4.90 Å². The highest BCUT2D eigenvalue weighted by Gasteiger charge is 2.34. The summed E-state index contributed by atoms with van der Waals surface area (Å²) >= 11 is 0. The summed E-state index contributed by atoms with van der Waals surface area (Å²) in [6.07, 6.45) is 14.8. The van der Waals surface area contributed by atoms with Gasteiger partial charge in [-0.3, -0.25) is 19.6 Å². The summed E-state index contributed by atoms with van der Waals surface area (Å²) < 4.78 is 0. The fourth-order valence-corrected chi connectivity index (χ4v) is 5.67. The Hall–Kier alpha value is -1.46. The Morgan fingerprint density at radius 1 is 1.07 bits per heavy atom. The predicted molar refractivity (Wildman–Crippen MR) is 116 cm³/mol. The molecule has 0 unspecified atom stereocenters. The van der Waals surface area contributed by atoms with Crippen LogP contribution < -0.4 is 0 Å². The molecule has 160 valence electrons. The molecule has 1 aliphatic carbocycles. The number of nitrogens with zero attached hydrogens (tertiary/aromatic N) is 4. The van der Waals surface area contributed by atoms with Gasteiger partial charge in [0.1, 0.15) is 0 Å². The molecule has 5 heteroatoms. The van der Waals surface area contributed by atoms with Gasteiger partial charge in [0, 0.05) is 44.6 Å². The van der Waals surface area contributed by atoms with E-state index in [4.69, 9.17) is 0 Å². The van der Waals surface area contributed by atoms with Gasteiger partial charge in [-0.25, -0.2) is 0 Å². The first-order valence-corrected chi connectivity index (χ1v) is 11.8. The summed E-state index contributed by atoms with van der Waals surface area (Å²) in [6.45, 7) is 5.45. The number of rotatable bonds is 5. The molecule has 0 aromatic carbocycles. The molecule has 3 aliphatic rings. The second kappa shape index (κ2) is 10.0. The first-order valence-electron chi connectivity index (χ1n) is 11.8. The van der Waals surface area contributed by atoms with E-state index in [9.17, 15) is 4.79 Å². The zero-order valence-electron chi connectivity index (χ0n) is 18.1. The molecule has 0 spiro atoms. The summed E-state index contributed by atoms with van der Waals surface area (Å²) in [5.41, 5.74) is 1.31. The maximum atomic E-state index is 13.2. The smallest absolute Gasteiger partial charge is 0.226 e. The van der Waals surface area contributed by atoms with Crippen LogP contribution in [0.4, 0.5) is 0 Å². The van der Waals surface area contributed by atoms with E-state index in [0.29, 0.717) is 18.0 Å². The molecule has 1 aromatic rings. The lowest BCUT2D eigenvalue weighted by atomic mass is 9.90. The maximum absolute atomic E-state index is 13.2. The van der Waals surface area contributed by atoms with E-state index in [0.717, 1.165) is 32.6 Å². The highest BCUT2D eigenvalue weighted by molar-refractivity contribution is 5.79. The van der Waals surface area contributed by atoms with Crippen molar-refractivity contribution in [3.05, 3.63) is 30.1 Å². The van der Waals surface area contributed by atoms with Crippen molar-refractivity contribution in [1.82, 2.24) is 19.7 Å². The van der Waals surface area contributed by atoms with Crippen molar-refractivity contribution in [1.29, 1.82) is 0 Å². The Kier molecular flexibility index (Phi) is 7.20. The van der Waals surface area contributed by atoms with Crippen molar-refractivity contribution >= 4 is 5.91 Å². The van der Waals surface area contributed by atoms with Crippen molar-refractivity contribution < 1.29 is 4.79 Å². The fraction of sp³-hybridized carbons (Fsp3) is 0.750. The number of piperidine rings is 2. The second-order valence-electron chi connectivity index (χ2n) is 9.44. The molecule has 0 bridgehead atoms. The quantitative estimate of drug-likeness (QED) is 0.760. The van der Waals surface area contributed by atoms with E-state index in [1.165, 1.54) is 63.5 Å². The minimum atomic E-state index is 0.212. The summed E-state index contributed by atoms with van der Waals surface area (Å²) in [7, 11) is 2.06. The molecule has 1 saturated carbocycles. The third-order valence-corrected chi connectivity index (χ3v) is 7.47. The molecule has 1 aromatic heterocycles. The van der Waals surface area contributed by atoms with Gasteiger partial charge in [0.15, 0.2) is 0 Å². The molecule has 2 aliphatic heterocycles. The Balaban J connectivity index is 1.26. The summed E-state index contributed by atoms with van der Waals surface area (Å²) in [4.78, 5) is 24.7. The topological polar surface area (TPSA) is 39.7 Å². The van der Waals surface area contributed by atoms with Crippen LogP contribution in [0.1, 0.15) is 63.4 Å². The van der Waals surface area contributed by atoms with Gasteiger partial charge in [-0.1, -0.05) is 25.3 Å². The molecule has 29 heavy (non-hydrogen) atoms. The van der Waals surface area contributed by atoms with Crippen LogP contribution in [0, 0.1) is 5.92 Å². The summed E-state index contributed by atoms with van der Waals surface area (Å²) in [5.74, 6) is 0.625. The van der Waals surface area contributed by atoms with Gasteiger partial charge in [0.25, 0.3) is 0 Å². The number of pyridine rings is 1. The predicted octanol–water partition coefficient (Wildman–Crippen LogP) is 3.55. The van der Waals surface area contributed by atoms with E-state index in [2.05, 4.69) is 32.8 Å². The Labute approximate surface area is 176 Å². The summed E-state index contributed by atoms with van der Waals surface area (Å²) in [5, 5.41) is 0. The molecular formula is C24H38N4O. The number of amides is 1. The molecule has 2 saturated heterocycles. The molecule has 1 atom stereocenters. The van der Waals surface area contributed by atoms with E-state index in [-0.39, 0.29) is 5.92 Å². The zero-order chi connectivity index (χ0) is 20.1. The lowest BCUT2D eigenvalue weighted by Crippen LogP contribution is -2.52. The van der Waals surface area contributed by atoms with Crippen molar-refractivity contribution in [3.63, 3.8) is 0 Å². The molecule has 4 rings (SSSR count). The number of hydrogen-bond acceptors (Lipinski definition) is 4. The highest BCUT2D eigenvalue weighted by atomic mass is 16.2. The first kappa shape index (κ1) is 20.8. The minimum Gasteiger partial charge on any atom is -0.342 e. The molecule has 0 radical (unpaired) electrons. The number of carbonyl (C=O) groups is 1. The van der Waals surface area contributed by atoms with E-state index in [1.54, 1.807) is 0 Å². The first-order chi connectivity index (χ1) is 14.2. The van der Waals surface area contributed by atoms with Crippen LogP contribution in [0.15, 0.2) is 24.5 Å². The Morgan fingerprint density at radius 3 is 2.59 bits per heavy atom. The molecule has 3 fully saturated rings. The van der Waals surface area contributed by atoms with Crippen molar-refractivity contribution in [2.24, 2.45) is 5.92 Å². The normalized spacial score (nSPS) is 25.8. The molecule has 1 amide bonds. The lowest BCUT2D eigenvalue weighted by Gasteiger charge is -2.43. The SMILES string of the molecule is CN(C(=O)[C@H]1CCCN(C2CCN(Cc3cccnc3)CC2)C1)C1CCCCC1. The summed E-state index contributed by atoms with van der Waals surface area (Å²) in [6, 6.07) is 5.33. The average molecular weight is 399 g/mol. The van der Waals surface area contributed by atoms with Gasteiger partial charge in [-0.05, 0) is 69.8 Å². The Bertz CT molecular complexity index is 638. The van der Waals surface area contributed by atoms with Crippen LogP contribution in [-0.4, -0.2) is 70.9 Å². The largest absolute Gasteiger partial charge is 0.342 e. The third-order valence-electron chi connectivity index (χ3n) is 7.47. The molecular weight excluding hydrogens is 360 g/mol. The number of carbonyl (C=O) groups excluding carboxylic acids is 1. The monoisotopic (exact) mass is 398 g/mol. The van der Waals surface area contributed by atoms with E-state index in [1.807, 2.05) is 18.5 Å². The average Bonchev–Trinajstić information content (AvgIpc) is 2.80. The van der Waals surface area contributed by atoms with Gasteiger partial charge in [0.2, 0.25) is 5.91 Å². The Morgan fingerprint density at radius 2 is 1.86 bits per heavy atom.